The van der Waals surface area contributed by atoms with Gasteiger partial charge in [-0.1, -0.05) is 0 Å². The second-order valence-electron chi connectivity index (χ2n) is 4.50. The van der Waals surface area contributed by atoms with Crippen molar-refractivity contribution in [3.05, 3.63) is 39.2 Å². The molecule has 24 heavy (non-hydrogen) atoms. The minimum absolute atomic E-state index is 0.0540. The number of hydrogen-bond acceptors (Lipinski definition) is 8. The van der Waals surface area contributed by atoms with E-state index in [0.29, 0.717) is 0 Å². The summed E-state index contributed by atoms with van der Waals surface area (Å²) in [5.41, 5.74) is -2.08. The third kappa shape index (κ3) is 2.86. The fourth-order valence-electron chi connectivity index (χ4n) is 2.03. The summed E-state index contributed by atoms with van der Waals surface area (Å²) >= 11 is 0. The number of carboxylic acids is 1. The van der Waals surface area contributed by atoms with Crippen molar-refractivity contribution < 1.29 is 29.1 Å². The van der Waals surface area contributed by atoms with Gasteiger partial charge in [0.2, 0.25) is 11.5 Å². The van der Waals surface area contributed by atoms with E-state index in [1.54, 1.807) is 0 Å². The van der Waals surface area contributed by atoms with Crippen LogP contribution in [0.3, 0.4) is 0 Å². The molecule has 11 nitrogen and oxygen atoms in total. The monoisotopic (exact) mass is 336 g/mol. The normalized spacial score (nSPS) is 10.3. The summed E-state index contributed by atoms with van der Waals surface area (Å²) in [5.74, 6) is -2.31. The Morgan fingerprint density at radius 3 is 2.21 bits per heavy atom. The van der Waals surface area contributed by atoms with Gasteiger partial charge in [0.15, 0.2) is 17.2 Å². The predicted molar refractivity (Wildman–Crippen MR) is 77.6 cm³/mol. The number of nitro groups is 1. The molecular formula is C13H12N4O7. The molecule has 0 atom stereocenters. The number of ether oxygens (including phenoxy) is 2. The van der Waals surface area contributed by atoms with Crippen LogP contribution >= 0.6 is 0 Å². The van der Waals surface area contributed by atoms with Crippen molar-refractivity contribution in [2.45, 2.75) is 0 Å². The SMILES string of the molecule is COc1cc(C(=O)c2nn(C)nc2C(=O)O)c([N+](=O)[O-])cc1OC. The first-order valence-electron chi connectivity index (χ1n) is 6.39. The zero-order chi connectivity index (χ0) is 18.0. The van der Waals surface area contributed by atoms with Gasteiger partial charge >= 0.3 is 5.97 Å². The Morgan fingerprint density at radius 2 is 1.71 bits per heavy atom. The number of nitro benzene ring substituents is 1. The zero-order valence-corrected chi connectivity index (χ0v) is 12.8. The summed E-state index contributed by atoms with van der Waals surface area (Å²) in [7, 11) is 3.91. The van der Waals surface area contributed by atoms with Gasteiger partial charge in [0.05, 0.1) is 25.2 Å². The van der Waals surface area contributed by atoms with Crippen molar-refractivity contribution >= 4 is 17.4 Å². The van der Waals surface area contributed by atoms with Crippen LogP contribution in [0.1, 0.15) is 26.5 Å². The maximum atomic E-state index is 12.6. The molecule has 2 aromatic rings. The number of aromatic nitrogens is 3. The van der Waals surface area contributed by atoms with Crippen LogP contribution in [0.4, 0.5) is 5.69 Å². The number of ketones is 1. The van der Waals surface area contributed by atoms with Gasteiger partial charge in [-0.2, -0.15) is 4.80 Å². The van der Waals surface area contributed by atoms with E-state index in [2.05, 4.69) is 10.2 Å². The maximum Gasteiger partial charge on any atom is 0.358 e. The average molecular weight is 336 g/mol. The van der Waals surface area contributed by atoms with Gasteiger partial charge in [-0.25, -0.2) is 4.79 Å². The molecule has 0 saturated carbocycles. The molecule has 0 aliphatic rings. The molecule has 1 heterocycles. The molecule has 1 aromatic carbocycles. The molecule has 11 heteroatoms. The fourth-order valence-corrected chi connectivity index (χ4v) is 2.03. The van der Waals surface area contributed by atoms with Crippen LogP contribution < -0.4 is 9.47 Å². The minimum atomic E-state index is -1.48. The van der Waals surface area contributed by atoms with Crippen LogP contribution in [0.5, 0.6) is 11.5 Å². The van der Waals surface area contributed by atoms with Crippen molar-refractivity contribution in [3.63, 3.8) is 0 Å². The van der Waals surface area contributed by atoms with E-state index >= 15 is 0 Å². The van der Waals surface area contributed by atoms with Gasteiger partial charge in [-0.3, -0.25) is 14.9 Å². The number of hydrogen-bond donors (Lipinski definition) is 1. The Labute approximate surface area is 134 Å². The van der Waals surface area contributed by atoms with Crippen molar-refractivity contribution in [2.75, 3.05) is 14.2 Å². The standard InChI is InChI=1S/C13H12N4O7/c1-16-14-10(11(15-16)13(19)20)12(18)6-4-8(23-2)9(24-3)5-7(6)17(21)22/h4-5H,1-3H3,(H,19,20). The number of methoxy groups -OCH3 is 2. The molecule has 0 saturated heterocycles. The lowest BCUT2D eigenvalue weighted by Crippen LogP contribution is -2.12. The number of benzene rings is 1. The number of carbonyl (C=O) groups excluding carboxylic acids is 1. The number of carboxylic acid groups (broad SMARTS) is 1. The first-order valence-corrected chi connectivity index (χ1v) is 6.39. The first kappa shape index (κ1) is 16.9. The van der Waals surface area contributed by atoms with Crippen LogP contribution in [0.2, 0.25) is 0 Å². The van der Waals surface area contributed by atoms with Crippen molar-refractivity contribution in [1.82, 2.24) is 15.0 Å². The van der Waals surface area contributed by atoms with E-state index in [1.807, 2.05) is 0 Å². The van der Waals surface area contributed by atoms with Gasteiger partial charge in [-0.05, 0) is 0 Å². The van der Waals surface area contributed by atoms with Crippen LogP contribution in [-0.4, -0.2) is 51.0 Å². The van der Waals surface area contributed by atoms with Crippen LogP contribution in [-0.2, 0) is 7.05 Å². The summed E-state index contributed by atoms with van der Waals surface area (Å²) in [5, 5.41) is 27.6. The average Bonchev–Trinajstić information content (AvgIpc) is 2.94. The van der Waals surface area contributed by atoms with Gasteiger partial charge in [0, 0.05) is 13.1 Å². The Kier molecular flexibility index (Phi) is 4.44. The molecule has 2 rings (SSSR count). The van der Waals surface area contributed by atoms with Gasteiger partial charge < -0.3 is 14.6 Å². The third-order valence-corrected chi connectivity index (χ3v) is 3.07. The van der Waals surface area contributed by atoms with E-state index < -0.39 is 33.8 Å². The summed E-state index contributed by atoms with van der Waals surface area (Å²) < 4.78 is 9.99. The van der Waals surface area contributed by atoms with Crippen molar-refractivity contribution in [3.8, 4) is 11.5 Å². The minimum Gasteiger partial charge on any atom is -0.493 e. The Hall–Kier alpha value is -3.50. The number of aryl methyl sites for hydroxylation is 1. The van der Waals surface area contributed by atoms with E-state index in [0.717, 1.165) is 16.9 Å². The number of nitrogens with zero attached hydrogens (tertiary/aromatic N) is 4. The smallest absolute Gasteiger partial charge is 0.358 e. The lowest BCUT2D eigenvalue weighted by molar-refractivity contribution is -0.385. The third-order valence-electron chi connectivity index (χ3n) is 3.07. The maximum absolute atomic E-state index is 12.6. The van der Waals surface area contributed by atoms with Crippen molar-refractivity contribution in [1.29, 1.82) is 0 Å². The number of rotatable bonds is 6. The van der Waals surface area contributed by atoms with Gasteiger partial charge in [0.1, 0.15) is 5.56 Å². The molecule has 0 radical (unpaired) electrons. The molecule has 0 amide bonds. The summed E-state index contributed by atoms with van der Waals surface area (Å²) in [4.78, 5) is 35.1. The van der Waals surface area contributed by atoms with E-state index in [4.69, 9.17) is 14.6 Å². The van der Waals surface area contributed by atoms with E-state index in [-0.39, 0.29) is 17.1 Å². The highest BCUT2D eigenvalue weighted by molar-refractivity contribution is 6.14. The van der Waals surface area contributed by atoms with E-state index in [9.17, 15) is 19.7 Å². The second kappa shape index (κ2) is 6.32. The second-order valence-corrected chi connectivity index (χ2v) is 4.50. The molecule has 1 N–H and O–H groups in total. The molecule has 0 aliphatic heterocycles. The number of carbonyl (C=O) groups is 2. The quantitative estimate of drug-likeness (QED) is 0.456. The molecule has 0 bridgehead atoms. The van der Waals surface area contributed by atoms with Crippen LogP contribution in [0, 0.1) is 10.1 Å². The largest absolute Gasteiger partial charge is 0.493 e. The Balaban J connectivity index is 2.69. The van der Waals surface area contributed by atoms with Gasteiger partial charge in [0.25, 0.3) is 5.69 Å². The molecule has 126 valence electrons. The summed E-state index contributed by atoms with van der Waals surface area (Å²) in [6.07, 6.45) is 0. The molecular weight excluding hydrogens is 324 g/mol. The number of aromatic carboxylic acids is 1. The zero-order valence-electron chi connectivity index (χ0n) is 12.8. The lowest BCUT2D eigenvalue weighted by atomic mass is 10.0. The molecule has 0 aliphatic carbocycles. The highest BCUT2D eigenvalue weighted by atomic mass is 16.6. The highest BCUT2D eigenvalue weighted by Crippen LogP contribution is 2.35. The summed E-state index contributed by atoms with van der Waals surface area (Å²) in [6, 6.07) is 2.11. The molecule has 0 spiro atoms. The Morgan fingerprint density at radius 1 is 1.17 bits per heavy atom. The predicted octanol–water partition coefficient (Wildman–Crippen LogP) is 0.670. The molecule has 1 aromatic heterocycles. The molecule has 0 unspecified atom stereocenters. The molecule has 0 fully saturated rings. The van der Waals surface area contributed by atoms with Crippen molar-refractivity contribution in [2.24, 2.45) is 7.05 Å². The Bertz CT molecular complexity index is 843. The van der Waals surface area contributed by atoms with Gasteiger partial charge in [-0.15, -0.1) is 10.2 Å². The highest BCUT2D eigenvalue weighted by Gasteiger charge is 2.31. The summed E-state index contributed by atoms with van der Waals surface area (Å²) in [6.45, 7) is 0. The lowest BCUT2D eigenvalue weighted by Gasteiger charge is -2.09. The van der Waals surface area contributed by atoms with E-state index in [1.165, 1.54) is 21.3 Å². The fraction of sp³-hybridized carbons (Fsp3) is 0.231. The van der Waals surface area contributed by atoms with Crippen LogP contribution in [0.15, 0.2) is 12.1 Å². The van der Waals surface area contributed by atoms with Crippen LogP contribution in [0.25, 0.3) is 0 Å². The topological polar surface area (TPSA) is 147 Å². The first-order chi connectivity index (χ1) is 11.3.